The van der Waals surface area contributed by atoms with Gasteiger partial charge in [0.25, 0.3) is 0 Å². The predicted molar refractivity (Wildman–Crippen MR) is 137 cm³/mol. The summed E-state index contributed by atoms with van der Waals surface area (Å²) in [5.41, 5.74) is 5.02. The molecule has 0 spiro atoms. The van der Waals surface area contributed by atoms with E-state index in [1.165, 1.54) is 12.0 Å². The number of rotatable bonds is 11. The van der Waals surface area contributed by atoms with E-state index in [-0.39, 0.29) is 0 Å². The molecule has 0 aliphatic rings. The Balaban J connectivity index is 3.62. The molecule has 1 aromatic rings. The number of ether oxygens (including phenoxy) is 2. The summed E-state index contributed by atoms with van der Waals surface area (Å²) in [6.45, 7) is 11.8. The monoisotopic (exact) mass is 520 g/mol. The molecule has 11 nitrogen and oxygen atoms in total. The van der Waals surface area contributed by atoms with E-state index in [1.807, 2.05) is 13.8 Å². The van der Waals surface area contributed by atoms with Gasteiger partial charge >= 0.3 is 12.1 Å². The second-order valence-corrected chi connectivity index (χ2v) is 10.4. The second-order valence-electron chi connectivity index (χ2n) is 10.4. The molecule has 1 aromatic carbocycles. The summed E-state index contributed by atoms with van der Waals surface area (Å²) < 4.78 is 9.89. The molecule has 37 heavy (non-hydrogen) atoms. The van der Waals surface area contributed by atoms with Crippen molar-refractivity contribution in [2.45, 2.75) is 84.5 Å². The Morgan fingerprint density at radius 2 is 1.59 bits per heavy atom. The van der Waals surface area contributed by atoms with Gasteiger partial charge in [0, 0.05) is 5.54 Å². The smallest absolute Gasteiger partial charge is 0.408 e. The van der Waals surface area contributed by atoms with Gasteiger partial charge in [-0.3, -0.25) is 19.2 Å². The van der Waals surface area contributed by atoms with E-state index in [4.69, 9.17) is 10.5 Å². The van der Waals surface area contributed by atoms with Crippen molar-refractivity contribution in [3.63, 3.8) is 0 Å². The highest BCUT2D eigenvalue weighted by molar-refractivity contribution is 5.95. The summed E-state index contributed by atoms with van der Waals surface area (Å²) in [5.74, 6) is -2.85. The lowest BCUT2D eigenvalue weighted by Crippen LogP contribution is -2.60. The largest absolute Gasteiger partial charge is 0.468 e. The minimum atomic E-state index is -1.40. The fourth-order valence-corrected chi connectivity index (χ4v) is 3.46. The first-order chi connectivity index (χ1) is 17.0. The van der Waals surface area contributed by atoms with E-state index in [1.54, 1.807) is 58.9 Å². The lowest BCUT2D eigenvalue weighted by Gasteiger charge is -2.44. The second kappa shape index (κ2) is 13.1. The molecule has 1 rings (SSSR count). The van der Waals surface area contributed by atoms with Gasteiger partial charge in [0.05, 0.1) is 13.5 Å². The molecule has 2 atom stereocenters. The molecular formula is C26H40N4O7. The zero-order valence-electron chi connectivity index (χ0n) is 23.0. The van der Waals surface area contributed by atoms with Crippen LogP contribution in [0.5, 0.6) is 0 Å². The van der Waals surface area contributed by atoms with Crippen LogP contribution in [0.4, 0.5) is 4.79 Å². The normalized spacial score (nSPS) is 13.1. The number of amides is 4. The fourth-order valence-electron chi connectivity index (χ4n) is 3.46. The molecule has 0 aliphatic heterocycles. The molecule has 0 heterocycles. The number of nitrogens with two attached hydrogens (primary N) is 1. The van der Waals surface area contributed by atoms with Crippen molar-refractivity contribution >= 4 is 29.8 Å². The van der Waals surface area contributed by atoms with E-state index in [0.717, 1.165) is 5.56 Å². The van der Waals surface area contributed by atoms with Crippen LogP contribution in [0, 0.1) is 6.92 Å². The first-order valence-electron chi connectivity index (χ1n) is 12.0. The van der Waals surface area contributed by atoms with E-state index in [9.17, 15) is 24.0 Å². The number of esters is 1. The van der Waals surface area contributed by atoms with Crippen molar-refractivity contribution in [2.75, 3.05) is 13.7 Å². The molecule has 4 amide bonds. The topological polar surface area (TPSA) is 157 Å². The number of methoxy groups -OCH3 is 1. The number of carbonyl (C=O) groups excluding carboxylic acids is 5. The fraction of sp³-hybridized carbons (Fsp3) is 0.577. The highest BCUT2D eigenvalue weighted by Gasteiger charge is 2.43. The number of carbonyl (C=O) groups is 5. The molecule has 0 saturated carbocycles. The maximum absolute atomic E-state index is 14.0. The van der Waals surface area contributed by atoms with Crippen LogP contribution in [-0.2, 0) is 28.7 Å². The number of aryl methyl sites for hydroxylation is 1. The van der Waals surface area contributed by atoms with Crippen LogP contribution in [0.2, 0.25) is 0 Å². The van der Waals surface area contributed by atoms with Gasteiger partial charge in [-0.25, -0.2) is 4.79 Å². The van der Waals surface area contributed by atoms with Crippen LogP contribution < -0.4 is 16.4 Å². The zero-order valence-corrected chi connectivity index (χ0v) is 23.0. The summed E-state index contributed by atoms with van der Waals surface area (Å²) in [6, 6.07) is 4.37. The van der Waals surface area contributed by atoms with Crippen LogP contribution in [0.1, 0.15) is 71.6 Å². The number of benzene rings is 1. The third kappa shape index (κ3) is 9.74. The number of primary amides is 1. The molecular weight excluding hydrogens is 480 g/mol. The van der Waals surface area contributed by atoms with E-state index in [2.05, 4.69) is 15.4 Å². The standard InChI is InChI=1S/C26H40N4O7/c1-9-26(6,7)30(23(34)18(14-19(27)31)29-24(35)37-25(3,4)5)21(17-12-10-16(2)11-13-17)22(33)28-15-20(32)36-8/h10-13,18,21H,9,14-15H2,1-8H3,(H2,27,31)(H,28,33)(H,29,35). The summed E-state index contributed by atoms with van der Waals surface area (Å²) in [7, 11) is 1.19. The molecule has 0 radical (unpaired) electrons. The molecule has 4 N–H and O–H groups in total. The maximum atomic E-state index is 14.0. The third-order valence-electron chi connectivity index (χ3n) is 5.68. The van der Waals surface area contributed by atoms with Gasteiger partial charge < -0.3 is 30.7 Å². The summed E-state index contributed by atoms with van der Waals surface area (Å²) in [4.78, 5) is 65.0. The van der Waals surface area contributed by atoms with Gasteiger partial charge in [-0.15, -0.1) is 0 Å². The Kier molecular flexibility index (Phi) is 11.1. The molecule has 0 aromatic heterocycles. The number of nitrogens with one attached hydrogen (secondary N) is 2. The van der Waals surface area contributed by atoms with Crippen molar-refractivity contribution < 1.29 is 33.4 Å². The van der Waals surface area contributed by atoms with Gasteiger partial charge in [0.15, 0.2) is 0 Å². The number of alkyl carbamates (subject to hydrolysis) is 1. The summed E-state index contributed by atoms with van der Waals surface area (Å²) in [5, 5.41) is 4.95. The van der Waals surface area contributed by atoms with Gasteiger partial charge in [-0.2, -0.15) is 0 Å². The Morgan fingerprint density at radius 1 is 1.03 bits per heavy atom. The molecule has 0 fully saturated rings. The molecule has 2 unspecified atom stereocenters. The van der Waals surface area contributed by atoms with Crippen LogP contribution in [0.3, 0.4) is 0 Å². The maximum Gasteiger partial charge on any atom is 0.408 e. The van der Waals surface area contributed by atoms with E-state index >= 15 is 0 Å². The minimum absolute atomic E-state index is 0.410. The lowest BCUT2D eigenvalue weighted by atomic mass is 9.91. The molecule has 206 valence electrons. The van der Waals surface area contributed by atoms with E-state index in [0.29, 0.717) is 12.0 Å². The third-order valence-corrected chi connectivity index (χ3v) is 5.68. The van der Waals surface area contributed by atoms with Gasteiger partial charge in [-0.05, 0) is 53.5 Å². The van der Waals surface area contributed by atoms with Crippen molar-refractivity contribution in [1.29, 1.82) is 0 Å². The number of hydrogen-bond donors (Lipinski definition) is 3. The molecule has 11 heteroatoms. The Morgan fingerprint density at radius 3 is 2.05 bits per heavy atom. The molecule has 0 bridgehead atoms. The SMILES string of the molecule is CCC(C)(C)N(C(=O)C(CC(N)=O)NC(=O)OC(C)(C)C)C(C(=O)NCC(=O)OC)c1ccc(C)cc1. The van der Waals surface area contributed by atoms with Crippen molar-refractivity contribution in [1.82, 2.24) is 15.5 Å². The minimum Gasteiger partial charge on any atom is -0.468 e. The number of hydrogen-bond acceptors (Lipinski definition) is 7. The quantitative estimate of drug-likeness (QED) is 0.377. The van der Waals surface area contributed by atoms with Gasteiger partial charge in [-0.1, -0.05) is 36.8 Å². The lowest BCUT2D eigenvalue weighted by molar-refractivity contribution is -0.150. The van der Waals surface area contributed by atoms with Crippen LogP contribution >= 0.6 is 0 Å². The molecule has 0 saturated heterocycles. The van der Waals surface area contributed by atoms with Gasteiger partial charge in [0.2, 0.25) is 17.7 Å². The van der Waals surface area contributed by atoms with Crippen molar-refractivity contribution in [2.24, 2.45) is 5.73 Å². The zero-order chi connectivity index (χ0) is 28.6. The van der Waals surface area contributed by atoms with Crippen LogP contribution in [0.15, 0.2) is 24.3 Å². The Labute approximate surface area is 218 Å². The first-order valence-corrected chi connectivity index (χ1v) is 12.0. The van der Waals surface area contributed by atoms with Gasteiger partial charge in [0.1, 0.15) is 24.2 Å². The summed E-state index contributed by atoms with van der Waals surface area (Å²) in [6.07, 6.45) is -1.01. The highest BCUT2D eigenvalue weighted by atomic mass is 16.6. The van der Waals surface area contributed by atoms with Crippen molar-refractivity contribution in [3.05, 3.63) is 35.4 Å². The Hall–Kier alpha value is -3.63. The van der Waals surface area contributed by atoms with E-state index < -0.39 is 66.0 Å². The summed E-state index contributed by atoms with van der Waals surface area (Å²) >= 11 is 0. The molecule has 0 aliphatic carbocycles. The Bertz CT molecular complexity index is 984. The average Bonchev–Trinajstić information content (AvgIpc) is 2.78. The van der Waals surface area contributed by atoms with Crippen LogP contribution in [0.25, 0.3) is 0 Å². The van der Waals surface area contributed by atoms with Crippen LogP contribution in [-0.4, -0.2) is 65.5 Å². The number of nitrogens with zero attached hydrogens (tertiary/aromatic N) is 1. The first kappa shape index (κ1) is 31.4. The predicted octanol–water partition coefficient (Wildman–Crippen LogP) is 2.11. The average molecular weight is 521 g/mol. The van der Waals surface area contributed by atoms with Crippen molar-refractivity contribution in [3.8, 4) is 0 Å². The highest BCUT2D eigenvalue weighted by Crippen LogP contribution is 2.32.